The first-order valence-corrected chi connectivity index (χ1v) is 23.5. The van der Waals surface area contributed by atoms with Crippen LogP contribution in [0.25, 0.3) is 22.6 Å². The normalized spacial score (nSPS) is 14.2. The third kappa shape index (κ3) is 13.1. The molecular weight excluding hydrogens is 947 g/mol. The molecule has 3 aromatic heterocycles. The Hall–Kier alpha value is -8.97. The number of aromatic nitrogens is 8. The highest BCUT2D eigenvalue weighted by atomic mass is 16.4. The monoisotopic (exact) mass is 1000 g/mol. The van der Waals surface area contributed by atoms with E-state index in [0.29, 0.717) is 50.0 Å². The number of nitrogens with two attached hydrogens (primary N) is 2. The molecule has 7 rings (SSSR count). The quantitative estimate of drug-likeness (QED) is 0.0323. The van der Waals surface area contributed by atoms with Gasteiger partial charge in [0, 0.05) is 60.7 Å². The lowest BCUT2D eigenvalue weighted by molar-refractivity contribution is -0.139. The van der Waals surface area contributed by atoms with Gasteiger partial charge in [0.15, 0.2) is 17.0 Å². The highest BCUT2D eigenvalue weighted by Gasteiger charge is 2.29. The van der Waals surface area contributed by atoms with Crippen molar-refractivity contribution in [2.75, 3.05) is 41.3 Å². The van der Waals surface area contributed by atoms with E-state index in [1.54, 1.807) is 38.2 Å². The number of rotatable bonds is 23. The van der Waals surface area contributed by atoms with Gasteiger partial charge in [-0.25, -0.2) is 14.8 Å². The fourth-order valence-corrected chi connectivity index (χ4v) is 8.20. The van der Waals surface area contributed by atoms with Gasteiger partial charge < -0.3 is 48.1 Å². The SMILES string of the molecule is CC(C)[C@H](NC(=O)CCCCCN1C(=O)C=CC1=O)C(=O)N[C@@H](C)C(=O)Nc1ccc(C(=O)NCCC[C@H](NC(=O)c2ccc3c(c2)CCN3Cc2cnc3nc(N)nc(N)c3n2)C(=O)O)c(-c2nn[nH]n2)c1. The van der Waals surface area contributed by atoms with Gasteiger partial charge in [-0.1, -0.05) is 20.3 Å². The number of nitrogens with one attached hydrogen (secondary N) is 6. The first-order chi connectivity index (χ1) is 34.9. The van der Waals surface area contributed by atoms with Crippen LogP contribution >= 0.6 is 0 Å². The topological polar surface area (TPSA) is 381 Å². The van der Waals surface area contributed by atoms with Gasteiger partial charge in [-0.15, -0.1) is 10.2 Å². The van der Waals surface area contributed by atoms with Gasteiger partial charge in [-0.05, 0) is 92.1 Å². The summed E-state index contributed by atoms with van der Waals surface area (Å²) < 4.78 is 0. The molecule has 11 N–H and O–H groups in total. The van der Waals surface area contributed by atoms with E-state index < -0.39 is 47.7 Å². The fraction of sp³-hybridized carbons (Fsp3) is 0.383. The molecule has 73 heavy (non-hydrogen) atoms. The summed E-state index contributed by atoms with van der Waals surface area (Å²) >= 11 is 0. The number of carbonyl (C=O) groups is 8. The van der Waals surface area contributed by atoms with Crippen molar-refractivity contribution in [3.05, 3.63) is 77.1 Å². The Balaban J connectivity index is 0.874. The molecule has 2 aliphatic heterocycles. The number of unbranched alkanes of at least 4 members (excludes halogenated alkanes) is 2. The standard InChI is InChI=1S/C47H55N17O9/c1-24(2)37(56-34(65)9-5-4-6-18-64-35(66)14-15-36(64)67)45(71)52-25(3)42(68)54-28-11-12-30(31(21-28)40-59-61-62-60-40)44(70)50-17-7-8-32(46(72)73)55-43(69)27-10-13-33-26(20-27)16-19-63(33)23-29-22-51-41-38(53-29)39(48)57-47(49)58-41/h10-15,20-22,24-25,32,37H,4-9,16-19,23H2,1-3H3,(H,50,70)(H,52,71)(H,54,68)(H,55,69)(H,56,65)(H,72,73)(H,59,60,61,62)(H4,48,49,51,57,58)/t25-,32-,37-/m0/s1. The minimum absolute atomic E-state index is 0.000162. The number of carboxylic acid groups (broad SMARTS) is 1. The van der Waals surface area contributed by atoms with Crippen LogP contribution in [0.1, 0.15) is 91.3 Å². The molecule has 5 aromatic rings. The molecule has 0 aliphatic carbocycles. The molecule has 0 unspecified atom stereocenters. The molecule has 3 atom stereocenters. The summed E-state index contributed by atoms with van der Waals surface area (Å²) in [4.78, 5) is 122. The third-order valence-electron chi connectivity index (χ3n) is 12.1. The molecule has 0 saturated carbocycles. The van der Waals surface area contributed by atoms with Crippen molar-refractivity contribution in [2.24, 2.45) is 5.92 Å². The zero-order chi connectivity index (χ0) is 52.3. The van der Waals surface area contributed by atoms with Crippen molar-refractivity contribution in [2.45, 2.75) is 90.4 Å². The number of benzene rings is 2. The number of aliphatic carboxylic acids is 1. The number of hydrogen-bond donors (Lipinski definition) is 9. The highest BCUT2D eigenvalue weighted by molar-refractivity contribution is 6.13. The fourth-order valence-electron chi connectivity index (χ4n) is 8.20. The number of anilines is 4. The van der Waals surface area contributed by atoms with Gasteiger partial charge in [0.25, 0.3) is 23.6 Å². The smallest absolute Gasteiger partial charge is 0.326 e. The molecule has 7 amide bonds. The molecule has 5 heterocycles. The van der Waals surface area contributed by atoms with Crippen LogP contribution in [0.3, 0.4) is 0 Å². The molecule has 26 heteroatoms. The summed E-state index contributed by atoms with van der Waals surface area (Å²) in [5.74, 6) is -4.82. The second kappa shape index (κ2) is 23.3. The van der Waals surface area contributed by atoms with Gasteiger partial charge in [-0.3, -0.25) is 38.5 Å². The second-order valence-electron chi connectivity index (χ2n) is 17.8. The molecule has 26 nitrogen and oxygen atoms in total. The Labute approximate surface area is 416 Å². The maximum absolute atomic E-state index is 13.5. The average Bonchev–Trinajstić information content (AvgIpc) is 4.12. The van der Waals surface area contributed by atoms with Crippen LogP contribution in [0.4, 0.5) is 23.1 Å². The Bertz CT molecular complexity index is 2950. The summed E-state index contributed by atoms with van der Waals surface area (Å²) in [5, 5.41) is 37.3. The van der Waals surface area contributed by atoms with Crippen molar-refractivity contribution in [1.29, 1.82) is 0 Å². The first-order valence-electron chi connectivity index (χ1n) is 23.5. The Kier molecular flexibility index (Phi) is 16.6. The van der Waals surface area contributed by atoms with E-state index in [-0.39, 0.29) is 102 Å². The van der Waals surface area contributed by atoms with Gasteiger partial charge in [0.1, 0.15) is 18.1 Å². The molecule has 2 aromatic carbocycles. The molecule has 0 radical (unpaired) electrons. The van der Waals surface area contributed by atoms with E-state index in [9.17, 15) is 43.5 Å². The van der Waals surface area contributed by atoms with Gasteiger partial charge in [0.2, 0.25) is 29.5 Å². The zero-order valence-electron chi connectivity index (χ0n) is 40.2. The third-order valence-corrected chi connectivity index (χ3v) is 12.1. The predicted octanol–water partition coefficient (Wildman–Crippen LogP) is 0.790. The number of fused-ring (bicyclic) bond motifs is 2. The average molecular weight is 1000 g/mol. The number of hydrogen-bond acceptors (Lipinski definition) is 18. The number of carbonyl (C=O) groups excluding carboxylic acids is 7. The zero-order valence-corrected chi connectivity index (χ0v) is 40.2. The van der Waals surface area contributed by atoms with Gasteiger partial charge in [-0.2, -0.15) is 15.2 Å². The van der Waals surface area contributed by atoms with Crippen molar-refractivity contribution in [3.63, 3.8) is 0 Å². The number of imide groups is 1. The van der Waals surface area contributed by atoms with E-state index in [1.807, 2.05) is 0 Å². The lowest BCUT2D eigenvalue weighted by atomic mass is 10.0. The molecule has 0 spiro atoms. The van der Waals surface area contributed by atoms with E-state index >= 15 is 0 Å². The Morgan fingerprint density at radius 2 is 1.64 bits per heavy atom. The minimum Gasteiger partial charge on any atom is -0.480 e. The van der Waals surface area contributed by atoms with Crippen LogP contribution in [0, 0.1) is 5.92 Å². The van der Waals surface area contributed by atoms with Crippen LogP contribution in [-0.2, 0) is 41.7 Å². The number of amides is 7. The summed E-state index contributed by atoms with van der Waals surface area (Å²) in [6.45, 7) is 6.30. The van der Waals surface area contributed by atoms with Crippen molar-refractivity contribution >= 4 is 81.6 Å². The molecular formula is C47H55N17O9. The number of H-pyrrole nitrogens is 1. The van der Waals surface area contributed by atoms with Crippen LogP contribution in [-0.4, -0.2) is 136 Å². The summed E-state index contributed by atoms with van der Waals surface area (Å²) in [6.07, 6.45) is 6.52. The Morgan fingerprint density at radius 3 is 2.37 bits per heavy atom. The van der Waals surface area contributed by atoms with E-state index in [4.69, 9.17) is 11.5 Å². The minimum atomic E-state index is -1.26. The molecule has 2 aliphatic rings. The molecule has 382 valence electrons. The Morgan fingerprint density at radius 1 is 0.863 bits per heavy atom. The molecule has 0 saturated heterocycles. The van der Waals surface area contributed by atoms with Crippen molar-refractivity contribution in [3.8, 4) is 11.4 Å². The van der Waals surface area contributed by atoms with Crippen molar-refractivity contribution in [1.82, 2.24) is 66.7 Å². The van der Waals surface area contributed by atoms with E-state index in [2.05, 4.69) is 72.0 Å². The lowest BCUT2D eigenvalue weighted by Crippen LogP contribution is -2.53. The van der Waals surface area contributed by atoms with Crippen molar-refractivity contribution < 1.29 is 43.5 Å². The summed E-state index contributed by atoms with van der Waals surface area (Å²) in [7, 11) is 0. The maximum atomic E-state index is 13.5. The van der Waals surface area contributed by atoms with Crippen LogP contribution < -0.4 is 43.0 Å². The number of carboxylic acids is 1. The number of nitrogens with zero attached hydrogens (tertiary/aromatic N) is 9. The van der Waals surface area contributed by atoms with Gasteiger partial charge in [0.05, 0.1) is 24.0 Å². The first kappa shape index (κ1) is 51.9. The second-order valence-corrected chi connectivity index (χ2v) is 17.8. The molecule has 0 bridgehead atoms. The van der Waals surface area contributed by atoms with E-state index in [0.717, 1.165) is 16.2 Å². The number of tetrazole rings is 1. The van der Waals surface area contributed by atoms with Gasteiger partial charge >= 0.3 is 5.97 Å². The number of nitrogen functional groups attached to an aromatic ring is 2. The summed E-state index contributed by atoms with van der Waals surface area (Å²) in [5.41, 5.74) is 15.5. The summed E-state index contributed by atoms with van der Waals surface area (Å²) in [6, 6.07) is 6.24. The van der Waals surface area contributed by atoms with Crippen LogP contribution in [0.15, 0.2) is 54.7 Å². The van der Waals surface area contributed by atoms with Crippen LogP contribution in [0.2, 0.25) is 0 Å². The maximum Gasteiger partial charge on any atom is 0.326 e. The highest BCUT2D eigenvalue weighted by Crippen LogP contribution is 2.31. The predicted molar refractivity (Wildman–Crippen MR) is 263 cm³/mol. The largest absolute Gasteiger partial charge is 0.480 e. The van der Waals surface area contributed by atoms with Crippen LogP contribution in [0.5, 0.6) is 0 Å². The molecule has 0 fully saturated rings. The number of aromatic amines is 1. The van der Waals surface area contributed by atoms with E-state index in [1.165, 1.54) is 37.3 Å². The lowest BCUT2D eigenvalue weighted by Gasteiger charge is -2.24.